The van der Waals surface area contributed by atoms with Gasteiger partial charge in [0.2, 0.25) is 5.91 Å². The Morgan fingerprint density at radius 3 is 2.63 bits per heavy atom. The normalized spacial score (nSPS) is 16.5. The Morgan fingerprint density at radius 1 is 1.42 bits per heavy atom. The number of aryl methyl sites for hydroxylation is 1. The molecule has 0 unspecified atom stereocenters. The third-order valence-corrected chi connectivity index (χ3v) is 3.89. The van der Waals surface area contributed by atoms with Crippen LogP contribution in [0.25, 0.3) is 0 Å². The van der Waals surface area contributed by atoms with E-state index in [1.54, 1.807) is 6.92 Å². The van der Waals surface area contributed by atoms with E-state index >= 15 is 0 Å². The van der Waals surface area contributed by atoms with Crippen molar-refractivity contribution in [2.24, 2.45) is 0 Å². The third kappa shape index (κ3) is 3.32. The van der Waals surface area contributed by atoms with Crippen LogP contribution >= 0.6 is 11.6 Å². The van der Waals surface area contributed by atoms with Gasteiger partial charge in [0.05, 0.1) is 10.7 Å². The summed E-state index contributed by atoms with van der Waals surface area (Å²) in [5.74, 6) is 0.0464. The molecule has 1 aliphatic rings. The number of nitrogens with two attached hydrogens (primary N) is 1. The van der Waals surface area contributed by atoms with Crippen molar-refractivity contribution in [3.63, 3.8) is 0 Å². The van der Waals surface area contributed by atoms with Crippen LogP contribution < -0.4 is 16.0 Å². The van der Waals surface area contributed by atoms with E-state index in [0.29, 0.717) is 16.8 Å². The maximum Gasteiger partial charge on any atom is 0.217 e. The molecule has 19 heavy (non-hydrogen) atoms. The van der Waals surface area contributed by atoms with E-state index in [4.69, 9.17) is 17.3 Å². The van der Waals surface area contributed by atoms with Crippen LogP contribution in [0.4, 0.5) is 11.4 Å². The lowest BCUT2D eigenvalue weighted by molar-refractivity contribution is -0.119. The molecular weight excluding hydrogens is 262 g/mol. The van der Waals surface area contributed by atoms with E-state index in [-0.39, 0.29) is 5.91 Å². The molecule has 104 valence electrons. The number of carbonyl (C=O) groups is 1. The van der Waals surface area contributed by atoms with Crippen LogP contribution in [0.5, 0.6) is 0 Å². The molecule has 0 aliphatic carbocycles. The van der Waals surface area contributed by atoms with E-state index < -0.39 is 0 Å². The van der Waals surface area contributed by atoms with Crippen molar-refractivity contribution in [2.45, 2.75) is 32.7 Å². The molecule has 2 rings (SSSR count). The molecule has 1 aromatic carbocycles. The van der Waals surface area contributed by atoms with Crippen molar-refractivity contribution in [1.29, 1.82) is 0 Å². The van der Waals surface area contributed by atoms with Gasteiger partial charge in [-0.05, 0) is 37.5 Å². The maximum absolute atomic E-state index is 11.0. The van der Waals surface area contributed by atoms with Crippen LogP contribution in [-0.2, 0) is 4.79 Å². The standard InChI is InChI=1S/C14H20ClN3O/c1-9-7-13(16)12(15)8-14(9)18-5-3-11(4-6-18)17-10(2)19/h7-8,11H,3-6,16H2,1-2H3,(H,17,19). The second-order valence-electron chi connectivity index (χ2n) is 5.12. The van der Waals surface area contributed by atoms with Gasteiger partial charge in [-0.15, -0.1) is 0 Å². The van der Waals surface area contributed by atoms with Crippen LogP contribution in [0, 0.1) is 6.92 Å². The predicted molar refractivity (Wildman–Crippen MR) is 79.7 cm³/mol. The summed E-state index contributed by atoms with van der Waals surface area (Å²) in [5, 5.41) is 3.58. The summed E-state index contributed by atoms with van der Waals surface area (Å²) in [5.41, 5.74) is 8.70. The first-order chi connectivity index (χ1) is 8.97. The Labute approximate surface area is 118 Å². The van der Waals surface area contributed by atoms with Crippen LogP contribution in [0.1, 0.15) is 25.3 Å². The Hall–Kier alpha value is -1.42. The molecular formula is C14H20ClN3O. The zero-order valence-corrected chi connectivity index (χ0v) is 12.1. The van der Waals surface area contributed by atoms with E-state index in [1.807, 2.05) is 19.1 Å². The molecule has 0 saturated carbocycles. The number of rotatable bonds is 2. The zero-order chi connectivity index (χ0) is 14.0. The first-order valence-electron chi connectivity index (χ1n) is 6.55. The summed E-state index contributed by atoms with van der Waals surface area (Å²) in [6.45, 7) is 5.45. The maximum atomic E-state index is 11.0. The molecule has 1 aromatic rings. The van der Waals surface area contributed by atoms with E-state index in [1.165, 1.54) is 0 Å². The molecule has 0 aromatic heterocycles. The Kier molecular flexibility index (Phi) is 4.20. The van der Waals surface area contributed by atoms with Gasteiger partial charge < -0.3 is 16.0 Å². The lowest BCUT2D eigenvalue weighted by atomic mass is 10.0. The van der Waals surface area contributed by atoms with Crippen molar-refractivity contribution in [1.82, 2.24) is 5.32 Å². The van der Waals surface area contributed by atoms with E-state index in [2.05, 4.69) is 10.2 Å². The topological polar surface area (TPSA) is 58.4 Å². The van der Waals surface area contributed by atoms with Crippen molar-refractivity contribution < 1.29 is 4.79 Å². The average Bonchev–Trinajstić information content (AvgIpc) is 2.34. The van der Waals surface area contributed by atoms with Crippen LogP contribution in [-0.4, -0.2) is 25.0 Å². The summed E-state index contributed by atoms with van der Waals surface area (Å²) in [7, 11) is 0. The number of piperidine rings is 1. The van der Waals surface area contributed by atoms with Crippen molar-refractivity contribution in [3.05, 3.63) is 22.7 Å². The molecule has 0 bridgehead atoms. The van der Waals surface area contributed by atoms with Gasteiger partial charge >= 0.3 is 0 Å². The largest absolute Gasteiger partial charge is 0.398 e. The van der Waals surface area contributed by atoms with Crippen LogP contribution in [0.2, 0.25) is 5.02 Å². The highest BCUT2D eigenvalue weighted by molar-refractivity contribution is 6.33. The number of amides is 1. The molecule has 0 atom stereocenters. The molecule has 0 spiro atoms. The summed E-state index contributed by atoms with van der Waals surface area (Å²) in [4.78, 5) is 13.3. The fraction of sp³-hybridized carbons (Fsp3) is 0.500. The number of carbonyl (C=O) groups excluding carboxylic acids is 1. The molecule has 0 radical (unpaired) electrons. The van der Waals surface area contributed by atoms with Gasteiger partial charge in [-0.1, -0.05) is 11.6 Å². The van der Waals surface area contributed by atoms with Crippen molar-refractivity contribution >= 4 is 28.9 Å². The molecule has 1 heterocycles. The van der Waals surface area contributed by atoms with Crippen LogP contribution in [0.15, 0.2) is 12.1 Å². The zero-order valence-electron chi connectivity index (χ0n) is 11.4. The average molecular weight is 282 g/mol. The lowest BCUT2D eigenvalue weighted by Crippen LogP contribution is -2.44. The molecule has 5 heteroatoms. The van der Waals surface area contributed by atoms with Gasteiger partial charge in [0.25, 0.3) is 0 Å². The van der Waals surface area contributed by atoms with Crippen molar-refractivity contribution in [3.8, 4) is 0 Å². The number of nitrogen functional groups attached to an aromatic ring is 1. The number of hydrogen-bond donors (Lipinski definition) is 2. The van der Waals surface area contributed by atoms with Gasteiger partial charge in [0, 0.05) is 31.7 Å². The van der Waals surface area contributed by atoms with Crippen molar-refractivity contribution in [2.75, 3.05) is 23.7 Å². The second-order valence-corrected chi connectivity index (χ2v) is 5.53. The SMILES string of the molecule is CC(=O)NC1CCN(c2cc(Cl)c(N)cc2C)CC1. The van der Waals surface area contributed by atoms with Crippen LogP contribution in [0.3, 0.4) is 0 Å². The van der Waals surface area contributed by atoms with Gasteiger partial charge in [0.1, 0.15) is 0 Å². The van der Waals surface area contributed by atoms with Gasteiger partial charge in [-0.25, -0.2) is 0 Å². The summed E-state index contributed by atoms with van der Waals surface area (Å²) in [6.07, 6.45) is 1.92. The smallest absolute Gasteiger partial charge is 0.217 e. The lowest BCUT2D eigenvalue weighted by Gasteiger charge is -2.34. The second kappa shape index (κ2) is 5.70. The minimum absolute atomic E-state index is 0.0464. The highest BCUT2D eigenvalue weighted by Crippen LogP contribution is 2.31. The number of hydrogen-bond acceptors (Lipinski definition) is 3. The molecule has 1 fully saturated rings. The van der Waals surface area contributed by atoms with Gasteiger partial charge in [-0.2, -0.15) is 0 Å². The molecule has 4 nitrogen and oxygen atoms in total. The molecule has 1 saturated heterocycles. The Morgan fingerprint density at radius 2 is 2.05 bits per heavy atom. The number of nitrogens with one attached hydrogen (secondary N) is 1. The van der Waals surface area contributed by atoms with Gasteiger partial charge in [-0.3, -0.25) is 4.79 Å². The highest BCUT2D eigenvalue weighted by Gasteiger charge is 2.21. The van der Waals surface area contributed by atoms with Gasteiger partial charge in [0.15, 0.2) is 0 Å². The minimum Gasteiger partial charge on any atom is -0.398 e. The molecule has 1 amide bonds. The third-order valence-electron chi connectivity index (χ3n) is 3.56. The summed E-state index contributed by atoms with van der Waals surface area (Å²) in [6, 6.07) is 4.14. The fourth-order valence-electron chi connectivity index (χ4n) is 2.59. The quantitative estimate of drug-likeness (QED) is 0.818. The number of nitrogens with zero attached hydrogens (tertiary/aromatic N) is 1. The van der Waals surface area contributed by atoms with E-state index in [9.17, 15) is 4.79 Å². The monoisotopic (exact) mass is 281 g/mol. The molecule has 1 aliphatic heterocycles. The molecule has 3 N–H and O–H groups in total. The number of halogens is 1. The first-order valence-corrected chi connectivity index (χ1v) is 6.93. The highest BCUT2D eigenvalue weighted by atomic mass is 35.5. The van der Waals surface area contributed by atoms with E-state index in [0.717, 1.165) is 37.2 Å². The number of anilines is 2. The minimum atomic E-state index is 0.0464. The Balaban J connectivity index is 2.05. The summed E-state index contributed by atoms with van der Waals surface area (Å²) < 4.78 is 0. The summed E-state index contributed by atoms with van der Waals surface area (Å²) >= 11 is 6.09. The predicted octanol–water partition coefficient (Wildman–Crippen LogP) is 2.34. The number of benzene rings is 1. The fourth-order valence-corrected chi connectivity index (χ4v) is 2.74. The first kappa shape index (κ1) is 14.0. The Bertz CT molecular complexity index is 482.